The quantitative estimate of drug-likeness (QED) is 0.666. The van der Waals surface area contributed by atoms with Crippen LogP contribution < -0.4 is 10.5 Å². The van der Waals surface area contributed by atoms with Crippen LogP contribution in [0.2, 0.25) is 0 Å². The van der Waals surface area contributed by atoms with Crippen LogP contribution >= 0.6 is 0 Å². The lowest BCUT2D eigenvalue weighted by Crippen LogP contribution is -2.42. The van der Waals surface area contributed by atoms with Gasteiger partial charge in [0.1, 0.15) is 0 Å². The van der Waals surface area contributed by atoms with Crippen molar-refractivity contribution in [2.75, 3.05) is 20.1 Å². The van der Waals surface area contributed by atoms with Crippen molar-refractivity contribution in [3.63, 3.8) is 0 Å². The third-order valence-electron chi connectivity index (χ3n) is 2.63. The second kappa shape index (κ2) is 5.06. The normalized spacial score (nSPS) is 24.3. The second-order valence-corrected chi connectivity index (χ2v) is 5.37. The monoisotopic (exact) mass is 221 g/mol. The van der Waals surface area contributed by atoms with Gasteiger partial charge < -0.3 is 5.73 Å². The van der Waals surface area contributed by atoms with Crippen LogP contribution in [0.15, 0.2) is 0 Å². The molecule has 0 aromatic heterocycles. The predicted molar refractivity (Wildman–Crippen MR) is 56.0 cm³/mol. The van der Waals surface area contributed by atoms with Gasteiger partial charge in [-0.2, -0.15) is 12.7 Å². The molecule has 1 heterocycles. The fourth-order valence-corrected chi connectivity index (χ4v) is 3.09. The number of rotatable bonds is 5. The van der Waals surface area contributed by atoms with Gasteiger partial charge in [-0.25, -0.2) is 4.72 Å². The van der Waals surface area contributed by atoms with Crippen LogP contribution in [0.5, 0.6) is 0 Å². The molecule has 0 saturated carbocycles. The molecule has 0 bridgehead atoms. The highest BCUT2D eigenvalue weighted by Crippen LogP contribution is 2.23. The summed E-state index contributed by atoms with van der Waals surface area (Å²) in [6, 6.07) is 0.149. The first-order valence-electron chi connectivity index (χ1n) is 5.02. The van der Waals surface area contributed by atoms with Crippen molar-refractivity contribution in [3.8, 4) is 0 Å². The van der Waals surface area contributed by atoms with Gasteiger partial charge >= 0.3 is 0 Å². The maximum atomic E-state index is 11.6. The van der Waals surface area contributed by atoms with Gasteiger partial charge in [0.25, 0.3) is 10.2 Å². The number of hydrogen-bond donors (Lipinski definition) is 2. The Labute approximate surface area is 85.8 Å². The van der Waals surface area contributed by atoms with Gasteiger partial charge in [-0.15, -0.1) is 0 Å². The van der Waals surface area contributed by atoms with E-state index in [4.69, 9.17) is 5.73 Å². The Balaban J connectivity index is 2.59. The van der Waals surface area contributed by atoms with Gasteiger partial charge in [-0.3, -0.25) is 0 Å². The van der Waals surface area contributed by atoms with Crippen LogP contribution in [-0.4, -0.2) is 38.9 Å². The average molecular weight is 221 g/mol. The molecule has 1 rings (SSSR count). The summed E-state index contributed by atoms with van der Waals surface area (Å²) < 4.78 is 27.0. The Morgan fingerprint density at radius 3 is 2.86 bits per heavy atom. The van der Waals surface area contributed by atoms with Crippen LogP contribution in [0.4, 0.5) is 0 Å². The van der Waals surface area contributed by atoms with E-state index in [9.17, 15) is 8.42 Å². The lowest BCUT2D eigenvalue weighted by atomic mass is 10.1. The van der Waals surface area contributed by atoms with Gasteiger partial charge in [0.2, 0.25) is 0 Å². The van der Waals surface area contributed by atoms with E-state index in [1.54, 1.807) is 4.31 Å². The molecule has 14 heavy (non-hydrogen) atoms. The van der Waals surface area contributed by atoms with Gasteiger partial charge in [-0.1, -0.05) is 0 Å². The molecule has 0 aromatic rings. The Morgan fingerprint density at radius 2 is 2.29 bits per heavy atom. The van der Waals surface area contributed by atoms with Crippen LogP contribution in [-0.2, 0) is 10.2 Å². The van der Waals surface area contributed by atoms with Crippen molar-refractivity contribution in [1.82, 2.24) is 9.03 Å². The smallest absolute Gasteiger partial charge is 0.279 e. The Hall–Kier alpha value is -0.170. The zero-order chi connectivity index (χ0) is 10.6. The van der Waals surface area contributed by atoms with E-state index < -0.39 is 10.2 Å². The molecule has 0 amide bonds. The fraction of sp³-hybridized carbons (Fsp3) is 1.00. The fourth-order valence-electron chi connectivity index (χ4n) is 1.88. The summed E-state index contributed by atoms with van der Waals surface area (Å²) in [4.78, 5) is 0. The topological polar surface area (TPSA) is 75.4 Å². The van der Waals surface area contributed by atoms with E-state index >= 15 is 0 Å². The molecule has 1 aliphatic heterocycles. The summed E-state index contributed by atoms with van der Waals surface area (Å²) in [5.41, 5.74) is 5.41. The molecule has 1 aliphatic rings. The molecular weight excluding hydrogens is 202 g/mol. The number of hydrogen-bond acceptors (Lipinski definition) is 3. The van der Waals surface area contributed by atoms with Crippen molar-refractivity contribution < 1.29 is 8.42 Å². The number of nitrogens with zero attached hydrogens (tertiary/aromatic N) is 1. The van der Waals surface area contributed by atoms with Crippen LogP contribution in [0.3, 0.4) is 0 Å². The Bertz CT molecular complexity index is 266. The highest BCUT2D eigenvalue weighted by Gasteiger charge is 2.32. The minimum Gasteiger partial charge on any atom is -0.330 e. The molecular formula is C8H19N3O2S. The molecule has 1 atom stereocenters. The van der Waals surface area contributed by atoms with Gasteiger partial charge in [0.15, 0.2) is 0 Å². The van der Waals surface area contributed by atoms with Crippen molar-refractivity contribution in [2.45, 2.75) is 31.7 Å². The molecule has 1 saturated heterocycles. The Kier molecular flexibility index (Phi) is 4.31. The van der Waals surface area contributed by atoms with Crippen molar-refractivity contribution in [1.29, 1.82) is 0 Å². The maximum Gasteiger partial charge on any atom is 0.279 e. The second-order valence-electron chi connectivity index (χ2n) is 3.55. The standard InChI is InChI=1S/C8H19N3O2S/c1-10-14(12,13)11-7-3-5-8(11)4-2-6-9/h8,10H,2-7,9H2,1H3. The van der Waals surface area contributed by atoms with Gasteiger partial charge in [0, 0.05) is 19.6 Å². The third kappa shape index (κ3) is 2.66. The lowest BCUT2D eigenvalue weighted by molar-refractivity contribution is 0.362. The molecule has 3 N–H and O–H groups in total. The first-order chi connectivity index (χ1) is 6.61. The predicted octanol–water partition coefficient (Wildman–Crippen LogP) is -0.346. The van der Waals surface area contributed by atoms with Gasteiger partial charge in [-0.05, 0) is 32.2 Å². The maximum absolute atomic E-state index is 11.6. The zero-order valence-corrected chi connectivity index (χ0v) is 9.39. The minimum atomic E-state index is -3.23. The van der Waals surface area contributed by atoms with Crippen molar-refractivity contribution >= 4 is 10.2 Å². The first-order valence-corrected chi connectivity index (χ1v) is 6.46. The van der Waals surface area contributed by atoms with E-state index in [0.29, 0.717) is 13.1 Å². The highest BCUT2D eigenvalue weighted by molar-refractivity contribution is 7.87. The van der Waals surface area contributed by atoms with Crippen LogP contribution in [0.25, 0.3) is 0 Å². The summed E-state index contributed by atoms with van der Waals surface area (Å²) in [7, 11) is -1.78. The van der Waals surface area contributed by atoms with Crippen molar-refractivity contribution in [2.24, 2.45) is 5.73 Å². The molecule has 84 valence electrons. The Morgan fingerprint density at radius 1 is 1.57 bits per heavy atom. The van der Waals surface area contributed by atoms with E-state index in [2.05, 4.69) is 4.72 Å². The van der Waals surface area contributed by atoms with E-state index in [-0.39, 0.29) is 6.04 Å². The number of nitrogens with one attached hydrogen (secondary N) is 1. The SMILES string of the molecule is CNS(=O)(=O)N1CCCC1CCCN. The summed E-state index contributed by atoms with van der Waals surface area (Å²) in [6.07, 6.45) is 3.68. The molecule has 5 nitrogen and oxygen atoms in total. The van der Waals surface area contributed by atoms with Crippen LogP contribution in [0, 0.1) is 0 Å². The molecule has 0 radical (unpaired) electrons. The molecule has 0 spiro atoms. The van der Waals surface area contributed by atoms with E-state index in [0.717, 1.165) is 25.7 Å². The van der Waals surface area contributed by atoms with E-state index in [1.807, 2.05) is 0 Å². The molecule has 6 heteroatoms. The van der Waals surface area contributed by atoms with E-state index in [1.165, 1.54) is 7.05 Å². The highest BCUT2D eigenvalue weighted by atomic mass is 32.2. The molecule has 1 fully saturated rings. The average Bonchev–Trinajstić information content (AvgIpc) is 2.63. The largest absolute Gasteiger partial charge is 0.330 e. The third-order valence-corrected chi connectivity index (χ3v) is 4.25. The van der Waals surface area contributed by atoms with Crippen molar-refractivity contribution in [3.05, 3.63) is 0 Å². The summed E-state index contributed by atoms with van der Waals surface area (Å²) >= 11 is 0. The molecule has 1 unspecified atom stereocenters. The summed E-state index contributed by atoms with van der Waals surface area (Å²) in [6.45, 7) is 1.27. The first kappa shape index (κ1) is 11.9. The minimum absolute atomic E-state index is 0.149. The summed E-state index contributed by atoms with van der Waals surface area (Å²) in [5.74, 6) is 0. The zero-order valence-electron chi connectivity index (χ0n) is 8.57. The molecule has 0 aliphatic carbocycles. The number of nitrogens with two attached hydrogens (primary N) is 1. The van der Waals surface area contributed by atoms with Crippen LogP contribution in [0.1, 0.15) is 25.7 Å². The summed E-state index contributed by atoms with van der Waals surface area (Å²) in [5, 5.41) is 0. The lowest BCUT2D eigenvalue weighted by Gasteiger charge is -2.22. The van der Waals surface area contributed by atoms with Gasteiger partial charge in [0.05, 0.1) is 0 Å². The molecule has 0 aromatic carbocycles.